The molecule has 0 radical (unpaired) electrons. The van der Waals surface area contributed by atoms with Gasteiger partial charge in [0.1, 0.15) is 0 Å². The molecule has 0 aromatic carbocycles. The zero-order valence-electron chi connectivity index (χ0n) is 6.86. The second kappa shape index (κ2) is 5.16. The van der Waals surface area contributed by atoms with Crippen LogP contribution in [-0.4, -0.2) is 27.8 Å². The van der Waals surface area contributed by atoms with Crippen molar-refractivity contribution in [3.05, 3.63) is 0 Å². The van der Waals surface area contributed by atoms with Crippen molar-refractivity contribution in [2.75, 3.05) is 6.35 Å². The molecule has 2 unspecified atom stereocenters. The third kappa shape index (κ3) is 2.49. The third-order valence-corrected chi connectivity index (χ3v) is 3.14. The lowest BCUT2D eigenvalue weighted by Gasteiger charge is -2.09. The van der Waals surface area contributed by atoms with E-state index in [1.54, 1.807) is 0 Å². The van der Waals surface area contributed by atoms with Gasteiger partial charge >= 0.3 is 19.1 Å². The molecular formula is C5H14N2O4P+. The first-order chi connectivity index (χ1) is 4.99. The Morgan fingerprint density at radius 3 is 2.17 bits per heavy atom. The number of aliphatic carboxylic acids is 1. The molecule has 7 heteroatoms. The van der Waals surface area contributed by atoms with Crippen molar-refractivity contribution < 1.29 is 19.6 Å². The summed E-state index contributed by atoms with van der Waals surface area (Å²) in [5, 5.41) is 15.2. The summed E-state index contributed by atoms with van der Waals surface area (Å²) in [7, 11) is -2.28. The van der Waals surface area contributed by atoms with E-state index in [2.05, 4.69) is 0 Å². The Bertz CT molecular complexity index is 186. The number of carbonyl (C=O) groups is 1. The van der Waals surface area contributed by atoms with Crippen molar-refractivity contribution in [3.8, 4) is 0 Å². The summed E-state index contributed by atoms with van der Waals surface area (Å²) in [6.07, 6.45) is -0.649. The molecule has 0 heterocycles. The fraction of sp³-hybridized carbons (Fsp3) is 0.800. The van der Waals surface area contributed by atoms with Gasteiger partial charge in [0, 0.05) is 6.42 Å². The van der Waals surface area contributed by atoms with E-state index in [9.17, 15) is 9.36 Å². The summed E-state index contributed by atoms with van der Waals surface area (Å²) >= 11 is 0. The molecule has 0 amide bonds. The topological polar surface area (TPSA) is 136 Å². The SMILES string of the molecule is CCC(N)(C(=O)O)[P+](=O)CO.N. The lowest BCUT2D eigenvalue weighted by molar-refractivity contribution is -0.140. The minimum absolute atomic E-state index is 0. The predicted octanol–water partition coefficient (Wildman–Crippen LogP) is 0.0752. The number of hydrogen-bond donors (Lipinski definition) is 4. The van der Waals surface area contributed by atoms with Crippen molar-refractivity contribution in [2.45, 2.75) is 18.6 Å². The number of carboxylic acid groups (broad SMARTS) is 1. The molecule has 0 fully saturated rings. The molecule has 0 spiro atoms. The third-order valence-electron chi connectivity index (χ3n) is 1.48. The van der Waals surface area contributed by atoms with Gasteiger partial charge in [0.05, 0.1) is 0 Å². The van der Waals surface area contributed by atoms with Gasteiger partial charge in [0.15, 0.2) is 0 Å². The predicted molar refractivity (Wildman–Crippen MR) is 44.6 cm³/mol. The molecule has 0 aliphatic rings. The molecule has 0 aliphatic carbocycles. The van der Waals surface area contributed by atoms with Gasteiger partial charge in [-0.3, -0.25) is 5.73 Å². The molecular weight excluding hydrogens is 183 g/mol. The van der Waals surface area contributed by atoms with E-state index in [0.29, 0.717) is 0 Å². The molecule has 0 aromatic heterocycles. The summed E-state index contributed by atoms with van der Waals surface area (Å²) < 4.78 is 10.9. The average molecular weight is 197 g/mol. The highest BCUT2D eigenvalue weighted by atomic mass is 31.1. The van der Waals surface area contributed by atoms with Crippen LogP contribution < -0.4 is 11.9 Å². The van der Waals surface area contributed by atoms with E-state index < -0.39 is 25.4 Å². The van der Waals surface area contributed by atoms with Crippen molar-refractivity contribution in [2.24, 2.45) is 5.73 Å². The van der Waals surface area contributed by atoms with Crippen molar-refractivity contribution in [3.63, 3.8) is 0 Å². The Morgan fingerprint density at radius 2 is 2.08 bits per heavy atom. The van der Waals surface area contributed by atoms with Crippen LogP contribution in [0.2, 0.25) is 0 Å². The molecule has 12 heavy (non-hydrogen) atoms. The van der Waals surface area contributed by atoms with Crippen LogP contribution in [0.5, 0.6) is 0 Å². The summed E-state index contributed by atoms with van der Waals surface area (Å²) in [6, 6.07) is 0. The van der Waals surface area contributed by atoms with Gasteiger partial charge in [0.2, 0.25) is 6.35 Å². The van der Waals surface area contributed by atoms with E-state index in [-0.39, 0.29) is 12.6 Å². The molecule has 0 rings (SSSR count). The minimum Gasteiger partial charge on any atom is -0.477 e. The van der Waals surface area contributed by atoms with Crippen molar-refractivity contribution in [1.82, 2.24) is 6.15 Å². The lowest BCUT2D eigenvalue weighted by atomic mass is 10.2. The molecule has 0 saturated heterocycles. The first-order valence-corrected chi connectivity index (χ1v) is 4.51. The lowest BCUT2D eigenvalue weighted by Crippen LogP contribution is -2.44. The molecule has 0 aromatic rings. The quantitative estimate of drug-likeness (QED) is 0.471. The van der Waals surface area contributed by atoms with Crippen molar-refractivity contribution in [1.29, 1.82) is 0 Å². The average Bonchev–Trinajstić information content (AvgIpc) is 2.01. The van der Waals surface area contributed by atoms with Gasteiger partial charge in [-0.15, -0.1) is 0 Å². The smallest absolute Gasteiger partial charge is 0.400 e. The monoisotopic (exact) mass is 197 g/mol. The summed E-state index contributed by atoms with van der Waals surface area (Å²) in [5.74, 6) is -1.34. The standard InChI is InChI=1S/C5H10NO4P.H3N/c1-2-5(6,4(8)9)11(10)3-7;/h7H,2-3,6H2,1H3;1H3/p+1. The molecule has 0 bridgehead atoms. The van der Waals surface area contributed by atoms with Crippen LogP contribution in [0.25, 0.3) is 0 Å². The van der Waals surface area contributed by atoms with Crippen LogP contribution in [0, 0.1) is 0 Å². The minimum atomic E-state index is -2.28. The van der Waals surface area contributed by atoms with Gasteiger partial charge < -0.3 is 16.4 Å². The second-order valence-electron chi connectivity index (χ2n) is 2.10. The maximum absolute atomic E-state index is 10.9. The normalized spacial score (nSPS) is 15.8. The summed E-state index contributed by atoms with van der Waals surface area (Å²) in [4.78, 5) is 10.4. The maximum atomic E-state index is 10.9. The zero-order valence-corrected chi connectivity index (χ0v) is 7.75. The van der Waals surface area contributed by atoms with E-state index in [4.69, 9.17) is 15.9 Å². The van der Waals surface area contributed by atoms with Crippen LogP contribution in [-0.2, 0) is 9.36 Å². The molecule has 2 atom stereocenters. The van der Waals surface area contributed by atoms with Crippen LogP contribution in [0.1, 0.15) is 13.3 Å². The zero-order chi connectivity index (χ0) is 9.07. The van der Waals surface area contributed by atoms with Gasteiger partial charge in [-0.05, 0) is 0 Å². The van der Waals surface area contributed by atoms with Gasteiger partial charge in [-0.1, -0.05) is 11.5 Å². The van der Waals surface area contributed by atoms with Crippen LogP contribution in [0.3, 0.4) is 0 Å². The van der Waals surface area contributed by atoms with E-state index in [1.165, 1.54) is 6.92 Å². The molecule has 0 saturated carbocycles. The highest BCUT2D eigenvalue weighted by Crippen LogP contribution is 2.36. The van der Waals surface area contributed by atoms with Gasteiger partial charge in [0.25, 0.3) is 0 Å². The van der Waals surface area contributed by atoms with Gasteiger partial charge in [-0.2, -0.15) is 0 Å². The Labute approximate surface area is 71.1 Å². The summed E-state index contributed by atoms with van der Waals surface area (Å²) in [5.41, 5.74) is 5.25. The number of carboxylic acids is 1. The first-order valence-electron chi connectivity index (χ1n) is 3.07. The van der Waals surface area contributed by atoms with E-state index in [0.717, 1.165) is 0 Å². The Hall–Kier alpha value is -0.550. The summed E-state index contributed by atoms with van der Waals surface area (Å²) in [6.45, 7) is 1.51. The molecule has 7 N–H and O–H groups in total. The second-order valence-corrected chi connectivity index (χ2v) is 3.94. The van der Waals surface area contributed by atoms with Crippen molar-refractivity contribution >= 4 is 13.8 Å². The van der Waals surface area contributed by atoms with Crippen LogP contribution >= 0.6 is 7.80 Å². The Kier molecular flexibility index (Phi) is 6.02. The highest BCUT2D eigenvalue weighted by Gasteiger charge is 2.50. The highest BCUT2D eigenvalue weighted by molar-refractivity contribution is 7.47. The fourth-order valence-electron chi connectivity index (χ4n) is 0.560. The molecule has 6 nitrogen and oxygen atoms in total. The number of hydrogen-bond acceptors (Lipinski definition) is 5. The van der Waals surface area contributed by atoms with Crippen LogP contribution in [0.4, 0.5) is 0 Å². The Balaban J connectivity index is 0. The van der Waals surface area contributed by atoms with E-state index in [1.807, 2.05) is 0 Å². The number of aliphatic hydroxyl groups is 1. The molecule has 72 valence electrons. The number of nitrogens with two attached hydrogens (primary N) is 1. The number of aliphatic hydroxyl groups excluding tert-OH is 1. The molecule has 0 aliphatic heterocycles. The fourth-order valence-corrected chi connectivity index (χ4v) is 1.38. The van der Waals surface area contributed by atoms with Crippen LogP contribution in [0.15, 0.2) is 0 Å². The number of rotatable bonds is 4. The maximum Gasteiger partial charge on any atom is 0.400 e. The largest absolute Gasteiger partial charge is 0.477 e. The van der Waals surface area contributed by atoms with E-state index >= 15 is 0 Å². The van der Waals surface area contributed by atoms with Gasteiger partial charge in [-0.25, -0.2) is 4.79 Å². The first kappa shape index (κ1) is 14.0. The Morgan fingerprint density at radius 1 is 1.67 bits per heavy atom.